The van der Waals surface area contributed by atoms with Crippen molar-refractivity contribution in [2.75, 3.05) is 11.5 Å². The molecule has 5 nitrogen and oxygen atoms in total. The maximum atomic E-state index is 11.2. The molecule has 0 radical (unpaired) electrons. The molecule has 3 N–H and O–H groups in total. The fraction of sp³-hybridized carbons (Fsp3) is 0.900. The third-order valence-electron chi connectivity index (χ3n) is 2.81. The highest BCUT2D eigenvalue weighted by atomic mass is 32.2. The predicted molar refractivity (Wildman–Crippen MR) is 59.9 cm³/mol. The van der Waals surface area contributed by atoms with E-state index in [1.807, 2.05) is 13.8 Å². The lowest BCUT2D eigenvalue weighted by Gasteiger charge is -2.16. The quantitative estimate of drug-likeness (QED) is 0.671. The van der Waals surface area contributed by atoms with Crippen molar-refractivity contribution in [3.05, 3.63) is 0 Å². The van der Waals surface area contributed by atoms with Gasteiger partial charge in [-0.2, -0.15) is 0 Å². The smallest absolute Gasteiger partial charge is 0.362 e. The largest absolute Gasteiger partial charge is 0.477 e. The second-order valence-electron chi connectivity index (χ2n) is 4.93. The Morgan fingerprint density at radius 2 is 2.12 bits per heavy atom. The fourth-order valence-electron chi connectivity index (χ4n) is 2.07. The van der Waals surface area contributed by atoms with Gasteiger partial charge >= 0.3 is 5.97 Å². The van der Waals surface area contributed by atoms with Crippen LogP contribution in [0, 0.1) is 5.92 Å². The lowest BCUT2D eigenvalue weighted by Crippen LogP contribution is -2.97. The van der Waals surface area contributed by atoms with Gasteiger partial charge in [0.05, 0.1) is 5.75 Å². The second kappa shape index (κ2) is 5.14. The summed E-state index contributed by atoms with van der Waals surface area (Å²) in [4.78, 5) is 11.0. The number of aliphatic carboxylic acids is 1. The van der Waals surface area contributed by atoms with Crippen molar-refractivity contribution < 1.29 is 23.6 Å². The van der Waals surface area contributed by atoms with Crippen LogP contribution in [0.3, 0.4) is 0 Å². The average Bonchev–Trinajstić information content (AvgIpc) is 2.43. The van der Waals surface area contributed by atoms with Crippen molar-refractivity contribution in [3.8, 4) is 0 Å². The van der Waals surface area contributed by atoms with Gasteiger partial charge in [-0.3, -0.25) is 0 Å². The van der Waals surface area contributed by atoms with E-state index in [1.54, 1.807) is 5.32 Å². The molecule has 0 aromatic heterocycles. The summed E-state index contributed by atoms with van der Waals surface area (Å²) < 4.78 is 22.5. The molecule has 0 spiro atoms. The van der Waals surface area contributed by atoms with Crippen molar-refractivity contribution >= 4 is 15.8 Å². The van der Waals surface area contributed by atoms with Crippen LogP contribution in [0.25, 0.3) is 0 Å². The van der Waals surface area contributed by atoms with E-state index in [0.29, 0.717) is 18.8 Å². The van der Waals surface area contributed by atoms with Crippen LogP contribution in [0.1, 0.15) is 26.7 Å². The molecule has 6 heteroatoms. The number of nitrogens with two attached hydrogens (primary N) is 1. The molecule has 94 valence electrons. The van der Waals surface area contributed by atoms with Gasteiger partial charge in [-0.05, 0) is 5.92 Å². The zero-order chi connectivity index (χ0) is 12.3. The van der Waals surface area contributed by atoms with Gasteiger partial charge in [-0.25, -0.2) is 13.2 Å². The van der Waals surface area contributed by atoms with Crippen LogP contribution in [0.2, 0.25) is 0 Å². The van der Waals surface area contributed by atoms with Crippen molar-refractivity contribution in [1.29, 1.82) is 0 Å². The number of carbonyl (C=O) groups is 1. The Hall–Kier alpha value is -0.620. The molecule has 0 aliphatic carbocycles. The molecule has 0 saturated carbocycles. The molecule has 0 aromatic rings. The first-order valence-electron chi connectivity index (χ1n) is 5.58. The molecule has 0 amide bonds. The van der Waals surface area contributed by atoms with Crippen LogP contribution < -0.4 is 5.32 Å². The molecule has 1 heterocycles. The minimum atomic E-state index is -2.92. The highest BCUT2D eigenvalue weighted by Gasteiger charge is 2.34. The molecule has 1 fully saturated rings. The predicted octanol–water partition coefficient (Wildman–Crippen LogP) is -0.764. The lowest BCUT2D eigenvalue weighted by molar-refractivity contribution is -0.707. The molecular weight excluding hydrogens is 230 g/mol. The van der Waals surface area contributed by atoms with Gasteiger partial charge < -0.3 is 10.4 Å². The molecule has 1 rings (SSSR count). The van der Waals surface area contributed by atoms with Crippen LogP contribution in [-0.2, 0) is 14.6 Å². The summed E-state index contributed by atoms with van der Waals surface area (Å²) in [6.07, 6.45) is 1.15. The first-order valence-corrected chi connectivity index (χ1v) is 7.40. The lowest BCUT2D eigenvalue weighted by atomic mass is 10.0. The molecular formula is C10H20NO4S+. The number of carboxylic acid groups (broad SMARTS) is 1. The minimum Gasteiger partial charge on any atom is -0.477 e. The van der Waals surface area contributed by atoms with Gasteiger partial charge in [0.2, 0.25) is 0 Å². The van der Waals surface area contributed by atoms with E-state index in [9.17, 15) is 13.2 Å². The first-order chi connectivity index (χ1) is 7.30. The Morgan fingerprint density at radius 1 is 1.50 bits per heavy atom. The van der Waals surface area contributed by atoms with Crippen molar-refractivity contribution in [1.82, 2.24) is 0 Å². The Morgan fingerprint density at radius 3 is 2.50 bits per heavy atom. The SMILES string of the molecule is CC(C)CC([NH2+]C1CCS(=O)(=O)C1)C(=O)O. The second-order valence-corrected chi connectivity index (χ2v) is 7.16. The van der Waals surface area contributed by atoms with E-state index in [2.05, 4.69) is 0 Å². The van der Waals surface area contributed by atoms with Gasteiger partial charge in [0, 0.05) is 12.8 Å². The summed E-state index contributed by atoms with van der Waals surface area (Å²) in [7, 11) is -2.92. The summed E-state index contributed by atoms with van der Waals surface area (Å²) in [6, 6.07) is -0.594. The van der Waals surface area contributed by atoms with Crippen LogP contribution in [0.15, 0.2) is 0 Å². The Labute approximate surface area is 96.1 Å². The highest BCUT2D eigenvalue weighted by molar-refractivity contribution is 7.91. The van der Waals surface area contributed by atoms with E-state index >= 15 is 0 Å². The summed E-state index contributed by atoms with van der Waals surface area (Å²) in [5.41, 5.74) is 0. The molecule has 0 bridgehead atoms. The van der Waals surface area contributed by atoms with E-state index in [0.717, 1.165) is 0 Å². The van der Waals surface area contributed by atoms with Gasteiger partial charge in [0.1, 0.15) is 11.8 Å². The Kier molecular flexibility index (Phi) is 4.32. The third-order valence-corrected chi connectivity index (χ3v) is 4.61. The summed E-state index contributed by atoms with van der Waals surface area (Å²) in [5, 5.41) is 10.7. The van der Waals surface area contributed by atoms with E-state index in [-0.39, 0.29) is 17.5 Å². The molecule has 2 unspecified atom stereocenters. The van der Waals surface area contributed by atoms with E-state index < -0.39 is 21.8 Å². The molecule has 16 heavy (non-hydrogen) atoms. The van der Waals surface area contributed by atoms with Gasteiger partial charge in [0.15, 0.2) is 15.9 Å². The molecule has 1 aliphatic rings. The Balaban J connectivity index is 2.53. The van der Waals surface area contributed by atoms with Crippen molar-refractivity contribution in [2.24, 2.45) is 5.92 Å². The summed E-state index contributed by atoms with van der Waals surface area (Å²) >= 11 is 0. The van der Waals surface area contributed by atoms with Crippen LogP contribution >= 0.6 is 0 Å². The zero-order valence-electron chi connectivity index (χ0n) is 9.72. The maximum Gasteiger partial charge on any atom is 0.362 e. The van der Waals surface area contributed by atoms with Crippen LogP contribution in [-0.4, -0.2) is 43.1 Å². The zero-order valence-corrected chi connectivity index (χ0v) is 10.5. The summed E-state index contributed by atoms with van der Waals surface area (Å²) in [6.45, 7) is 3.93. The van der Waals surface area contributed by atoms with Crippen molar-refractivity contribution in [3.63, 3.8) is 0 Å². The number of carboxylic acids is 1. The number of hydrogen-bond donors (Lipinski definition) is 2. The number of quaternary nitrogens is 1. The van der Waals surface area contributed by atoms with Gasteiger partial charge in [-0.15, -0.1) is 0 Å². The van der Waals surface area contributed by atoms with Gasteiger partial charge in [0.25, 0.3) is 0 Å². The minimum absolute atomic E-state index is 0.0788. The number of hydrogen-bond acceptors (Lipinski definition) is 3. The standard InChI is InChI=1S/C10H19NO4S/c1-7(2)5-9(10(12)13)11-8-3-4-16(14,15)6-8/h7-9,11H,3-6H2,1-2H3,(H,12,13)/p+1. The van der Waals surface area contributed by atoms with Crippen LogP contribution in [0.4, 0.5) is 0 Å². The highest BCUT2D eigenvalue weighted by Crippen LogP contribution is 2.09. The van der Waals surface area contributed by atoms with E-state index in [1.165, 1.54) is 0 Å². The monoisotopic (exact) mass is 250 g/mol. The average molecular weight is 250 g/mol. The number of sulfone groups is 1. The number of rotatable bonds is 5. The van der Waals surface area contributed by atoms with Crippen molar-refractivity contribution in [2.45, 2.75) is 38.8 Å². The topological polar surface area (TPSA) is 88.0 Å². The first kappa shape index (κ1) is 13.4. The molecule has 2 atom stereocenters. The summed E-state index contributed by atoms with van der Waals surface area (Å²) in [5.74, 6) is -0.231. The molecule has 0 aromatic carbocycles. The molecule has 1 aliphatic heterocycles. The molecule has 1 saturated heterocycles. The van der Waals surface area contributed by atoms with Gasteiger partial charge in [-0.1, -0.05) is 13.8 Å². The van der Waals surface area contributed by atoms with Crippen LogP contribution in [0.5, 0.6) is 0 Å². The fourth-order valence-corrected chi connectivity index (χ4v) is 3.83. The Bertz CT molecular complexity index is 350. The normalized spacial score (nSPS) is 25.8. The van der Waals surface area contributed by atoms with E-state index in [4.69, 9.17) is 5.11 Å². The maximum absolute atomic E-state index is 11.2. The third kappa shape index (κ3) is 4.09.